The van der Waals surface area contributed by atoms with Gasteiger partial charge in [-0.25, -0.2) is 4.79 Å². The summed E-state index contributed by atoms with van der Waals surface area (Å²) in [6.07, 6.45) is 9.20. The number of aryl methyl sites for hydroxylation is 1. The van der Waals surface area contributed by atoms with E-state index in [0.717, 1.165) is 25.7 Å². The Hall–Kier alpha value is -1.75. The van der Waals surface area contributed by atoms with Gasteiger partial charge in [0.2, 0.25) is 0 Å². The van der Waals surface area contributed by atoms with Crippen LogP contribution in [0.1, 0.15) is 74.7 Å². The fourth-order valence-electron chi connectivity index (χ4n) is 2.22. The Balaban J connectivity index is 2.20. The van der Waals surface area contributed by atoms with E-state index in [1.165, 1.54) is 31.2 Å². The number of rotatable bonds is 9. The molecule has 0 spiro atoms. The van der Waals surface area contributed by atoms with E-state index in [-0.39, 0.29) is 5.97 Å². The van der Waals surface area contributed by atoms with Crippen LogP contribution in [0.25, 0.3) is 0 Å². The van der Waals surface area contributed by atoms with Gasteiger partial charge in [-0.05, 0) is 43.9 Å². The first-order valence-corrected chi connectivity index (χ1v) is 8.49. The Bertz CT molecular complexity index is 477. The van der Waals surface area contributed by atoms with Crippen LogP contribution in [-0.4, -0.2) is 12.6 Å². The lowest BCUT2D eigenvalue weighted by Gasteiger charge is -2.03. The molecule has 0 atom stereocenters. The second kappa shape index (κ2) is 11.9. The third-order valence-corrected chi connectivity index (χ3v) is 3.51. The van der Waals surface area contributed by atoms with Crippen molar-refractivity contribution in [3.05, 3.63) is 35.4 Å². The van der Waals surface area contributed by atoms with Gasteiger partial charge < -0.3 is 4.74 Å². The number of carbonyl (C=O) groups excluding carboxylic acids is 1. The van der Waals surface area contributed by atoms with Crippen LogP contribution < -0.4 is 0 Å². The van der Waals surface area contributed by atoms with E-state index in [1.807, 2.05) is 31.2 Å². The highest BCUT2D eigenvalue weighted by Crippen LogP contribution is 2.09. The van der Waals surface area contributed by atoms with E-state index in [0.29, 0.717) is 12.2 Å². The van der Waals surface area contributed by atoms with E-state index in [9.17, 15) is 4.79 Å². The van der Waals surface area contributed by atoms with Gasteiger partial charge in [-0.1, -0.05) is 38.3 Å². The molecule has 0 N–H and O–H groups in total. The van der Waals surface area contributed by atoms with Crippen LogP contribution in [0.2, 0.25) is 0 Å². The van der Waals surface area contributed by atoms with Gasteiger partial charge in [-0.15, -0.1) is 11.8 Å². The molecule has 2 nitrogen and oxygen atoms in total. The second-order valence-corrected chi connectivity index (χ2v) is 5.44. The van der Waals surface area contributed by atoms with Gasteiger partial charge in [0, 0.05) is 12.8 Å². The van der Waals surface area contributed by atoms with Crippen LogP contribution in [-0.2, 0) is 11.2 Å². The summed E-state index contributed by atoms with van der Waals surface area (Å²) in [5, 5.41) is 0. The van der Waals surface area contributed by atoms with E-state index < -0.39 is 0 Å². The van der Waals surface area contributed by atoms with Crippen LogP contribution >= 0.6 is 0 Å². The molecule has 0 heterocycles. The van der Waals surface area contributed by atoms with Gasteiger partial charge in [0.1, 0.15) is 0 Å². The van der Waals surface area contributed by atoms with E-state index in [2.05, 4.69) is 18.8 Å². The highest BCUT2D eigenvalue weighted by atomic mass is 16.5. The second-order valence-electron chi connectivity index (χ2n) is 5.44. The molecule has 0 radical (unpaired) electrons. The summed E-state index contributed by atoms with van der Waals surface area (Å²) in [6, 6.07) is 7.69. The minimum Gasteiger partial charge on any atom is -0.462 e. The Kier molecular flexibility index (Phi) is 9.87. The predicted octanol–water partition coefficient (Wildman–Crippen LogP) is 5.16. The molecule has 0 aliphatic rings. The first kappa shape index (κ1) is 18.3. The highest BCUT2D eigenvalue weighted by molar-refractivity contribution is 5.89. The lowest BCUT2D eigenvalue weighted by atomic mass is 10.1. The van der Waals surface area contributed by atoms with Gasteiger partial charge in [-0.3, -0.25) is 0 Å². The Morgan fingerprint density at radius 1 is 0.955 bits per heavy atom. The third kappa shape index (κ3) is 7.88. The van der Waals surface area contributed by atoms with Crippen molar-refractivity contribution in [2.24, 2.45) is 0 Å². The lowest BCUT2D eigenvalue weighted by Crippen LogP contribution is -2.04. The van der Waals surface area contributed by atoms with Crippen molar-refractivity contribution in [2.75, 3.05) is 6.61 Å². The first-order chi connectivity index (χ1) is 10.8. The van der Waals surface area contributed by atoms with Crippen molar-refractivity contribution < 1.29 is 9.53 Å². The summed E-state index contributed by atoms with van der Waals surface area (Å²) in [5.74, 6) is 6.27. The topological polar surface area (TPSA) is 26.3 Å². The minimum absolute atomic E-state index is 0.247. The van der Waals surface area contributed by atoms with Gasteiger partial charge in [0.05, 0.1) is 12.2 Å². The average Bonchev–Trinajstić information content (AvgIpc) is 2.54. The van der Waals surface area contributed by atoms with Crippen molar-refractivity contribution in [1.82, 2.24) is 0 Å². The van der Waals surface area contributed by atoms with Crippen molar-refractivity contribution in [3.63, 3.8) is 0 Å². The monoisotopic (exact) mass is 300 g/mol. The van der Waals surface area contributed by atoms with E-state index in [1.54, 1.807) is 0 Å². The van der Waals surface area contributed by atoms with Crippen LogP contribution in [0.15, 0.2) is 24.3 Å². The molecule has 22 heavy (non-hydrogen) atoms. The largest absolute Gasteiger partial charge is 0.462 e. The molecule has 0 bridgehead atoms. The summed E-state index contributed by atoms with van der Waals surface area (Å²) in [7, 11) is 0. The maximum absolute atomic E-state index is 11.5. The molecule has 0 aliphatic heterocycles. The first-order valence-electron chi connectivity index (χ1n) is 8.49. The lowest BCUT2D eigenvalue weighted by molar-refractivity contribution is 0.0526. The van der Waals surface area contributed by atoms with Crippen LogP contribution in [0.5, 0.6) is 0 Å². The highest BCUT2D eigenvalue weighted by Gasteiger charge is 2.05. The fourth-order valence-corrected chi connectivity index (χ4v) is 2.22. The van der Waals surface area contributed by atoms with Crippen molar-refractivity contribution in [3.8, 4) is 11.8 Å². The number of ether oxygens (including phenoxy) is 1. The number of benzene rings is 1. The van der Waals surface area contributed by atoms with Crippen molar-refractivity contribution >= 4 is 5.97 Å². The molecule has 0 saturated heterocycles. The number of hydrogen-bond donors (Lipinski definition) is 0. The number of esters is 1. The molecule has 2 heteroatoms. The molecule has 0 unspecified atom stereocenters. The third-order valence-electron chi connectivity index (χ3n) is 3.51. The molecule has 0 aromatic heterocycles. The smallest absolute Gasteiger partial charge is 0.338 e. The Labute approximate surface area is 135 Å². The van der Waals surface area contributed by atoms with Crippen LogP contribution in [0.4, 0.5) is 0 Å². The predicted molar refractivity (Wildman–Crippen MR) is 91.9 cm³/mol. The standard InChI is InChI=1S/C20H28O2/c1-3-5-6-7-8-9-10-11-12-13-18-14-16-19(17-15-18)20(21)22-4-2/h14-17H,3-8,11-13H2,1-2H3. The molecular formula is C20H28O2. The Morgan fingerprint density at radius 2 is 1.64 bits per heavy atom. The molecule has 120 valence electrons. The molecule has 1 aromatic rings. The quantitative estimate of drug-likeness (QED) is 0.358. The van der Waals surface area contributed by atoms with Crippen molar-refractivity contribution in [1.29, 1.82) is 0 Å². The zero-order valence-corrected chi connectivity index (χ0v) is 14.0. The summed E-state index contributed by atoms with van der Waals surface area (Å²) in [6.45, 7) is 4.46. The number of carbonyl (C=O) groups is 1. The fraction of sp³-hybridized carbons (Fsp3) is 0.550. The average molecular weight is 300 g/mol. The summed E-state index contributed by atoms with van der Waals surface area (Å²) in [5.41, 5.74) is 1.87. The molecule has 0 fully saturated rings. The molecule has 1 aromatic carbocycles. The van der Waals surface area contributed by atoms with Crippen molar-refractivity contribution in [2.45, 2.75) is 65.2 Å². The maximum atomic E-state index is 11.5. The van der Waals surface area contributed by atoms with Crippen LogP contribution in [0.3, 0.4) is 0 Å². The molecule has 0 saturated carbocycles. The number of unbranched alkanes of at least 4 members (excludes halogenated alkanes) is 5. The summed E-state index contributed by atoms with van der Waals surface area (Å²) in [4.78, 5) is 11.5. The maximum Gasteiger partial charge on any atom is 0.338 e. The Morgan fingerprint density at radius 3 is 2.27 bits per heavy atom. The van der Waals surface area contributed by atoms with E-state index >= 15 is 0 Å². The van der Waals surface area contributed by atoms with Gasteiger partial charge in [-0.2, -0.15) is 0 Å². The molecular weight excluding hydrogens is 272 g/mol. The van der Waals surface area contributed by atoms with Gasteiger partial charge >= 0.3 is 5.97 Å². The van der Waals surface area contributed by atoms with Gasteiger partial charge in [0.15, 0.2) is 0 Å². The number of hydrogen-bond acceptors (Lipinski definition) is 2. The normalized spacial score (nSPS) is 9.91. The zero-order valence-electron chi connectivity index (χ0n) is 14.0. The molecule has 0 amide bonds. The summed E-state index contributed by atoms with van der Waals surface area (Å²) >= 11 is 0. The zero-order chi connectivity index (χ0) is 16.0. The molecule has 1 rings (SSSR count). The minimum atomic E-state index is -0.247. The molecule has 0 aliphatic carbocycles. The van der Waals surface area contributed by atoms with E-state index in [4.69, 9.17) is 4.74 Å². The van der Waals surface area contributed by atoms with Crippen LogP contribution in [0, 0.1) is 11.8 Å². The van der Waals surface area contributed by atoms with Gasteiger partial charge in [0.25, 0.3) is 0 Å². The SMILES string of the molecule is CCCCCCC#CCCCc1ccc(C(=O)OCC)cc1. The summed E-state index contributed by atoms with van der Waals surface area (Å²) < 4.78 is 4.97.